The molecule has 0 atom stereocenters. The molecule has 1 fully saturated rings. The van der Waals surface area contributed by atoms with Gasteiger partial charge in [-0.05, 0) is 36.6 Å². The molecule has 0 radical (unpaired) electrons. The van der Waals surface area contributed by atoms with Gasteiger partial charge in [0.25, 0.3) is 0 Å². The molecule has 0 aliphatic carbocycles. The highest BCUT2D eigenvalue weighted by molar-refractivity contribution is 7.09. The first kappa shape index (κ1) is 13.4. The maximum absolute atomic E-state index is 12.2. The van der Waals surface area contributed by atoms with Gasteiger partial charge in [-0.3, -0.25) is 0 Å². The molecule has 3 nitrogen and oxygen atoms in total. The molecule has 2 heterocycles. The summed E-state index contributed by atoms with van der Waals surface area (Å²) in [5.41, 5.74) is 0. The first-order valence-corrected chi connectivity index (χ1v) is 7.57. The van der Waals surface area contributed by atoms with Crippen molar-refractivity contribution < 1.29 is 4.79 Å². The lowest BCUT2D eigenvalue weighted by Crippen LogP contribution is -2.45. The van der Waals surface area contributed by atoms with Crippen molar-refractivity contribution in [1.29, 1.82) is 0 Å². The summed E-state index contributed by atoms with van der Waals surface area (Å²) >= 11 is 1.76. The van der Waals surface area contributed by atoms with Crippen molar-refractivity contribution in [2.45, 2.75) is 26.2 Å². The van der Waals surface area contributed by atoms with Gasteiger partial charge >= 0.3 is 6.03 Å². The van der Waals surface area contributed by atoms with Crippen molar-refractivity contribution in [1.82, 2.24) is 9.80 Å². The van der Waals surface area contributed by atoms with E-state index in [-0.39, 0.29) is 6.03 Å². The second kappa shape index (κ2) is 6.23. The Kier molecular flexibility index (Phi) is 4.64. The Morgan fingerprint density at radius 3 is 2.83 bits per heavy atom. The second-order valence-electron chi connectivity index (χ2n) is 5.20. The van der Waals surface area contributed by atoms with E-state index in [2.05, 4.69) is 24.4 Å². The lowest BCUT2D eigenvalue weighted by molar-refractivity contribution is 0.143. The highest BCUT2D eigenvalue weighted by Crippen LogP contribution is 2.17. The molecule has 100 valence electrons. The molecule has 1 aromatic rings. The summed E-state index contributed by atoms with van der Waals surface area (Å²) in [6.45, 7) is 4.92. The van der Waals surface area contributed by atoms with Crippen LogP contribution in [0.25, 0.3) is 0 Å². The van der Waals surface area contributed by atoms with Gasteiger partial charge in [-0.25, -0.2) is 4.79 Å². The molecule has 2 amide bonds. The molecule has 0 N–H and O–H groups in total. The Bertz CT molecular complexity index is 369. The quantitative estimate of drug-likeness (QED) is 0.824. The van der Waals surface area contributed by atoms with Gasteiger partial charge in [-0.1, -0.05) is 13.0 Å². The fraction of sp³-hybridized carbons (Fsp3) is 0.643. The van der Waals surface area contributed by atoms with Crippen molar-refractivity contribution in [3.63, 3.8) is 0 Å². The van der Waals surface area contributed by atoms with Crippen LogP contribution >= 0.6 is 11.3 Å². The van der Waals surface area contributed by atoms with E-state index in [1.807, 2.05) is 16.8 Å². The zero-order valence-electron chi connectivity index (χ0n) is 11.3. The number of carbonyl (C=O) groups is 1. The number of piperidine rings is 1. The molecule has 0 saturated carbocycles. The van der Waals surface area contributed by atoms with Gasteiger partial charge in [0.1, 0.15) is 0 Å². The van der Waals surface area contributed by atoms with Crippen molar-refractivity contribution in [3.05, 3.63) is 22.4 Å². The van der Waals surface area contributed by atoms with Gasteiger partial charge in [0, 0.05) is 31.6 Å². The third-order valence-electron chi connectivity index (χ3n) is 3.65. The van der Waals surface area contributed by atoms with Crippen LogP contribution in [-0.4, -0.2) is 42.5 Å². The maximum atomic E-state index is 12.2. The SMILES string of the molecule is CC1CCN(C(=O)N(C)CCc2cccs2)CC1. The highest BCUT2D eigenvalue weighted by atomic mass is 32.1. The number of rotatable bonds is 3. The molecule has 0 bridgehead atoms. The predicted octanol–water partition coefficient (Wildman–Crippen LogP) is 3.07. The van der Waals surface area contributed by atoms with Crippen LogP contribution in [0, 0.1) is 5.92 Å². The Morgan fingerprint density at radius 1 is 1.50 bits per heavy atom. The van der Waals surface area contributed by atoms with E-state index in [1.54, 1.807) is 11.3 Å². The van der Waals surface area contributed by atoms with E-state index < -0.39 is 0 Å². The number of amides is 2. The van der Waals surface area contributed by atoms with Gasteiger partial charge in [-0.15, -0.1) is 11.3 Å². The van der Waals surface area contributed by atoms with E-state index in [4.69, 9.17) is 0 Å². The lowest BCUT2D eigenvalue weighted by atomic mass is 10.00. The number of urea groups is 1. The van der Waals surface area contributed by atoms with Crippen molar-refractivity contribution in [3.8, 4) is 0 Å². The molecule has 18 heavy (non-hydrogen) atoms. The molecule has 0 aromatic carbocycles. The molecule has 4 heteroatoms. The van der Waals surface area contributed by atoms with Crippen LogP contribution in [0.5, 0.6) is 0 Å². The van der Waals surface area contributed by atoms with Crippen LogP contribution < -0.4 is 0 Å². The third-order valence-corrected chi connectivity index (χ3v) is 4.59. The van der Waals surface area contributed by atoms with E-state index >= 15 is 0 Å². The summed E-state index contributed by atoms with van der Waals surface area (Å²) in [6, 6.07) is 4.39. The largest absolute Gasteiger partial charge is 0.327 e. The van der Waals surface area contributed by atoms with Crippen LogP contribution in [0.2, 0.25) is 0 Å². The molecular weight excluding hydrogens is 244 g/mol. The van der Waals surface area contributed by atoms with Gasteiger partial charge in [-0.2, -0.15) is 0 Å². The van der Waals surface area contributed by atoms with Gasteiger partial charge in [0.05, 0.1) is 0 Å². The predicted molar refractivity (Wildman–Crippen MR) is 76.0 cm³/mol. The third kappa shape index (κ3) is 3.48. The van der Waals surface area contributed by atoms with E-state index in [1.165, 1.54) is 4.88 Å². The number of hydrogen-bond donors (Lipinski definition) is 0. The van der Waals surface area contributed by atoms with Crippen molar-refractivity contribution in [2.24, 2.45) is 5.92 Å². The standard InChI is InChI=1S/C14H22N2OS/c1-12-5-9-16(10-6-12)14(17)15(2)8-7-13-4-3-11-18-13/h3-4,11-12H,5-10H2,1-2H3. The summed E-state index contributed by atoms with van der Waals surface area (Å²) in [7, 11) is 1.91. The summed E-state index contributed by atoms with van der Waals surface area (Å²) in [4.78, 5) is 17.4. The molecule has 1 aliphatic rings. The highest BCUT2D eigenvalue weighted by Gasteiger charge is 2.22. The number of thiophene rings is 1. The Hall–Kier alpha value is -1.03. The molecule has 2 rings (SSSR count). The zero-order valence-corrected chi connectivity index (χ0v) is 12.1. The van der Waals surface area contributed by atoms with E-state index in [0.29, 0.717) is 0 Å². The first-order valence-electron chi connectivity index (χ1n) is 6.69. The first-order chi connectivity index (χ1) is 8.66. The van der Waals surface area contributed by atoms with Gasteiger partial charge < -0.3 is 9.80 Å². The van der Waals surface area contributed by atoms with Gasteiger partial charge in [0.15, 0.2) is 0 Å². The number of likely N-dealkylation sites (N-methyl/N-ethyl adjacent to an activating group) is 1. The molecule has 1 saturated heterocycles. The lowest BCUT2D eigenvalue weighted by Gasteiger charge is -2.33. The zero-order chi connectivity index (χ0) is 13.0. The van der Waals surface area contributed by atoms with E-state index in [9.17, 15) is 4.79 Å². The minimum absolute atomic E-state index is 0.193. The fourth-order valence-corrected chi connectivity index (χ4v) is 2.97. The minimum Gasteiger partial charge on any atom is -0.327 e. The normalized spacial score (nSPS) is 16.9. The smallest absolute Gasteiger partial charge is 0.319 e. The minimum atomic E-state index is 0.193. The molecule has 1 aromatic heterocycles. The van der Waals surface area contributed by atoms with Crippen molar-refractivity contribution in [2.75, 3.05) is 26.7 Å². The second-order valence-corrected chi connectivity index (χ2v) is 6.24. The number of likely N-dealkylation sites (tertiary alicyclic amines) is 1. The summed E-state index contributed by atoms with van der Waals surface area (Å²) in [5.74, 6) is 0.769. The topological polar surface area (TPSA) is 23.6 Å². The van der Waals surface area contributed by atoms with Crippen molar-refractivity contribution >= 4 is 17.4 Å². The number of carbonyl (C=O) groups excluding carboxylic acids is 1. The number of hydrogen-bond acceptors (Lipinski definition) is 2. The molecule has 1 aliphatic heterocycles. The Balaban J connectivity index is 1.77. The molecule has 0 unspecified atom stereocenters. The van der Waals surface area contributed by atoms with Crippen LogP contribution in [0.3, 0.4) is 0 Å². The van der Waals surface area contributed by atoms with Gasteiger partial charge in [0.2, 0.25) is 0 Å². The van der Waals surface area contributed by atoms with Crippen LogP contribution in [-0.2, 0) is 6.42 Å². The fourth-order valence-electron chi connectivity index (χ4n) is 2.27. The van der Waals surface area contributed by atoms with E-state index in [0.717, 1.165) is 44.8 Å². The monoisotopic (exact) mass is 266 g/mol. The average molecular weight is 266 g/mol. The van der Waals surface area contributed by atoms with Crippen LogP contribution in [0.1, 0.15) is 24.6 Å². The maximum Gasteiger partial charge on any atom is 0.319 e. The summed E-state index contributed by atoms with van der Waals surface area (Å²) in [5, 5.41) is 2.09. The Labute approximate surface area is 113 Å². The molecular formula is C14H22N2OS. The summed E-state index contributed by atoms with van der Waals surface area (Å²) in [6.07, 6.45) is 3.25. The average Bonchev–Trinajstić information content (AvgIpc) is 2.89. The summed E-state index contributed by atoms with van der Waals surface area (Å²) < 4.78 is 0. The van der Waals surface area contributed by atoms with Crippen LogP contribution in [0.4, 0.5) is 4.79 Å². The molecule has 0 spiro atoms. The van der Waals surface area contributed by atoms with Crippen LogP contribution in [0.15, 0.2) is 17.5 Å². The Morgan fingerprint density at radius 2 is 2.22 bits per heavy atom. The number of nitrogens with zero attached hydrogens (tertiary/aromatic N) is 2.